The van der Waals surface area contributed by atoms with E-state index in [1.807, 2.05) is 6.07 Å². The molecule has 2 N–H and O–H groups in total. The van der Waals surface area contributed by atoms with E-state index >= 15 is 0 Å². The molecule has 0 spiro atoms. The molecule has 2 atom stereocenters. The Labute approximate surface area is 92.3 Å². The summed E-state index contributed by atoms with van der Waals surface area (Å²) >= 11 is 0. The molecule has 0 saturated carbocycles. The average Bonchev–Trinajstić information content (AvgIpc) is 2.25. The molecule has 0 aliphatic rings. The van der Waals surface area contributed by atoms with Crippen molar-refractivity contribution in [1.82, 2.24) is 5.32 Å². The van der Waals surface area contributed by atoms with Crippen molar-refractivity contribution in [3.63, 3.8) is 0 Å². The largest absolute Gasteiger partial charge is 0.392 e. The summed E-state index contributed by atoms with van der Waals surface area (Å²) in [6, 6.07) is 11.0. The van der Waals surface area contributed by atoms with E-state index in [-0.39, 0.29) is 6.10 Å². The van der Waals surface area contributed by atoms with E-state index in [2.05, 4.69) is 36.5 Å². The number of hydrogen-bond donors (Lipinski definition) is 2. The zero-order valence-electron chi connectivity index (χ0n) is 9.61. The number of aliphatic hydroxyl groups is 1. The quantitative estimate of drug-likeness (QED) is 0.747. The Bertz CT molecular complexity index is 258. The number of nitrogens with one attached hydrogen (secondary N) is 1. The highest BCUT2D eigenvalue weighted by Gasteiger charge is 2.03. The lowest BCUT2D eigenvalue weighted by Crippen LogP contribution is -2.32. The van der Waals surface area contributed by atoms with Crippen molar-refractivity contribution in [3.05, 3.63) is 35.9 Å². The zero-order chi connectivity index (χ0) is 11.1. The van der Waals surface area contributed by atoms with Gasteiger partial charge in [0.2, 0.25) is 0 Å². The van der Waals surface area contributed by atoms with Gasteiger partial charge in [-0.2, -0.15) is 0 Å². The van der Waals surface area contributed by atoms with Crippen LogP contribution in [0.4, 0.5) is 0 Å². The normalized spacial score (nSPS) is 14.9. The van der Waals surface area contributed by atoms with Crippen molar-refractivity contribution in [2.24, 2.45) is 0 Å². The summed E-state index contributed by atoms with van der Waals surface area (Å²) in [5.74, 6) is 0. The Morgan fingerprint density at radius 1 is 1.20 bits per heavy atom. The van der Waals surface area contributed by atoms with Crippen LogP contribution < -0.4 is 5.32 Å². The maximum absolute atomic E-state index is 9.12. The summed E-state index contributed by atoms with van der Waals surface area (Å²) in [5.41, 5.74) is 1.38. The van der Waals surface area contributed by atoms with Gasteiger partial charge in [0, 0.05) is 12.6 Å². The first-order valence-corrected chi connectivity index (χ1v) is 5.64. The van der Waals surface area contributed by atoms with E-state index in [0.29, 0.717) is 12.6 Å². The predicted molar refractivity (Wildman–Crippen MR) is 63.9 cm³/mol. The summed E-state index contributed by atoms with van der Waals surface area (Å²) in [5, 5.41) is 12.4. The number of benzene rings is 1. The number of hydrogen-bond acceptors (Lipinski definition) is 2. The second kappa shape index (κ2) is 6.59. The Morgan fingerprint density at radius 2 is 1.87 bits per heavy atom. The molecule has 0 amide bonds. The Balaban J connectivity index is 2.19. The summed E-state index contributed by atoms with van der Waals surface area (Å²) < 4.78 is 0. The highest BCUT2D eigenvalue weighted by atomic mass is 16.3. The number of rotatable bonds is 6. The minimum absolute atomic E-state index is 0.260. The first kappa shape index (κ1) is 12.2. The molecule has 15 heavy (non-hydrogen) atoms. The third-order valence-corrected chi connectivity index (χ3v) is 2.47. The molecule has 0 bridgehead atoms. The van der Waals surface area contributed by atoms with Crippen LogP contribution in [0, 0.1) is 0 Å². The van der Waals surface area contributed by atoms with Crippen molar-refractivity contribution in [2.75, 3.05) is 6.54 Å². The van der Waals surface area contributed by atoms with Crippen LogP contribution >= 0.6 is 0 Å². The van der Waals surface area contributed by atoms with Crippen LogP contribution in [-0.4, -0.2) is 23.8 Å². The molecule has 0 saturated heterocycles. The van der Waals surface area contributed by atoms with Gasteiger partial charge in [0.15, 0.2) is 0 Å². The minimum Gasteiger partial charge on any atom is -0.392 e. The Hall–Kier alpha value is -0.860. The van der Waals surface area contributed by atoms with Gasteiger partial charge in [-0.15, -0.1) is 0 Å². The van der Waals surface area contributed by atoms with Crippen molar-refractivity contribution >= 4 is 0 Å². The fourth-order valence-electron chi connectivity index (χ4n) is 1.50. The molecule has 1 aromatic carbocycles. The van der Waals surface area contributed by atoms with E-state index < -0.39 is 0 Å². The van der Waals surface area contributed by atoms with Gasteiger partial charge in [-0.1, -0.05) is 30.3 Å². The van der Waals surface area contributed by atoms with E-state index in [9.17, 15) is 0 Å². The summed E-state index contributed by atoms with van der Waals surface area (Å²) in [7, 11) is 0. The van der Waals surface area contributed by atoms with Crippen LogP contribution in [0.1, 0.15) is 25.8 Å². The highest BCUT2D eigenvalue weighted by Crippen LogP contribution is 2.04. The Kier molecular flexibility index (Phi) is 5.37. The second-order valence-electron chi connectivity index (χ2n) is 4.18. The molecule has 0 aliphatic heterocycles. The standard InChI is InChI=1S/C13H21NO/c1-11(14-10-12(2)15)8-9-13-6-4-3-5-7-13/h3-7,11-12,14-15H,8-10H2,1-2H3/t11-,12+/m1/s1. The van der Waals surface area contributed by atoms with E-state index in [0.717, 1.165) is 12.8 Å². The molecule has 2 nitrogen and oxygen atoms in total. The van der Waals surface area contributed by atoms with Gasteiger partial charge in [-0.3, -0.25) is 0 Å². The summed E-state index contributed by atoms with van der Waals surface area (Å²) in [4.78, 5) is 0. The molecule has 84 valence electrons. The molecule has 0 aromatic heterocycles. The average molecular weight is 207 g/mol. The number of aryl methyl sites for hydroxylation is 1. The van der Waals surface area contributed by atoms with Gasteiger partial charge in [0.1, 0.15) is 0 Å². The van der Waals surface area contributed by atoms with Gasteiger partial charge in [-0.05, 0) is 32.3 Å². The van der Waals surface area contributed by atoms with Crippen LogP contribution in [0.5, 0.6) is 0 Å². The van der Waals surface area contributed by atoms with Crippen molar-refractivity contribution in [2.45, 2.75) is 38.8 Å². The van der Waals surface area contributed by atoms with Crippen molar-refractivity contribution < 1.29 is 5.11 Å². The third kappa shape index (κ3) is 5.55. The fraction of sp³-hybridized carbons (Fsp3) is 0.538. The van der Waals surface area contributed by atoms with Crippen LogP contribution in [0.2, 0.25) is 0 Å². The molecule has 1 aromatic rings. The molecule has 0 fully saturated rings. The van der Waals surface area contributed by atoms with Crippen LogP contribution in [0.25, 0.3) is 0 Å². The van der Waals surface area contributed by atoms with Crippen LogP contribution in [-0.2, 0) is 6.42 Å². The predicted octanol–water partition coefficient (Wildman–Crippen LogP) is 1.98. The highest BCUT2D eigenvalue weighted by molar-refractivity contribution is 5.14. The van der Waals surface area contributed by atoms with E-state index in [4.69, 9.17) is 5.11 Å². The zero-order valence-corrected chi connectivity index (χ0v) is 9.61. The van der Waals surface area contributed by atoms with Gasteiger partial charge in [0.05, 0.1) is 6.10 Å². The smallest absolute Gasteiger partial charge is 0.0636 e. The SMILES string of the molecule is C[C@H](O)CN[C@H](C)CCc1ccccc1. The molecule has 0 aliphatic carbocycles. The molecule has 2 heteroatoms. The molecular formula is C13H21NO. The lowest BCUT2D eigenvalue weighted by atomic mass is 10.1. The first-order chi connectivity index (χ1) is 7.18. The van der Waals surface area contributed by atoms with Gasteiger partial charge in [-0.25, -0.2) is 0 Å². The van der Waals surface area contributed by atoms with E-state index in [1.54, 1.807) is 6.92 Å². The molecule has 0 radical (unpaired) electrons. The molecule has 0 heterocycles. The van der Waals surface area contributed by atoms with Gasteiger partial charge >= 0.3 is 0 Å². The Morgan fingerprint density at radius 3 is 2.47 bits per heavy atom. The monoisotopic (exact) mass is 207 g/mol. The van der Waals surface area contributed by atoms with Crippen molar-refractivity contribution in [1.29, 1.82) is 0 Å². The second-order valence-corrected chi connectivity index (χ2v) is 4.18. The molecule has 1 rings (SSSR count). The minimum atomic E-state index is -0.260. The fourth-order valence-corrected chi connectivity index (χ4v) is 1.50. The lowest BCUT2D eigenvalue weighted by molar-refractivity contribution is 0.186. The maximum atomic E-state index is 9.12. The van der Waals surface area contributed by atoms with E-state index in [1.165, 1.54) is 5.56 Å². The third-order valence-electron chi connectivity index (χ3n) is 2.47. The molecular weight excluding hydrogens is 186 g/mol. The van der Waals surface area contributed by atoms with Crippen LogP contribution in [0.3, 0.4) is 0 Å². The lowest BCUT2D eigenvalue weighted by Gasteiger charge is -2.14. The summed E-state index contributed by atoms with van der Waals surface area (Å²) in [6.45, 7) is 4.64. The number of aliphatic hydroxyl groups excluding tert-OH is 1. The summed E-state index contributed by atoms with van der Waals surface area (Å²) in [6.07, 6.45) is 1.94. The van der Waals surface area contributed by atoms with Gasteiger partial charge in [0.25, 0.3) is 0 Å². The molecule has 0 unspecified atom stereocenters. The topological polar surface area (TPSA) is 32.3 Å². The van der Waals surface area contributed by atoms with Gasteiger partial charge < -0.3 is 10.4 Å². The van der Waals surface area contributed by atoms with Crippen LogP contribution in [0.15, 0.2) is 30.3 Å². The maximum Gasteiger partial charge on any atom is 0.0636 e. The van der Waals surface area contributed by atoms with Crippen molar-refractivity contribution in [3.8, 4) is 0 Å². The first-order valence-electron chi connectivity index (χ1n) is 5.64.